The number of nitrogens with zero attached hydrogens (tertiary/aromatic N) is 2. The van der Waals surface area contributed by atoms with Gasteiger partial charge in [-0.05, 0) is 55.9 Å². The molecule has 2 aliphatic rings. The van der Waals surface area contributed by atoms with Crippen LogP contribution in [0.15, 0.2) is 23.9 Å². The number of likely N-dealkylation sites (tertiary alicyclic amines) is 1. The van der Waals surface area contributed by atoms with Crippen LogP contribution in [0.4, 0.5) is 5.82 Å². The number of anilines is 1. The molecule has 0 radical (unpaired) electrons. The average molecular weight is 358 g/mol. The number of carbonyl (C=O) groups is 1. The third kappa shape index (κ3) is 5.29. The van der Waals surface area contributed by atoms with Gasteiger partial charge in [0.2, 0.25) is 0 Å². The Morgan fingerprint density at radius 2 is 2.12 bits per heavy atom. The van der Waals surface area contributed by atoms with Crippen LogP contribution in [-0.2, 0) is 4.79 Å². The number of hydrogen-bond donors (Lipinski definition) is 3. The molecule has 6 heteroatoms. The Morgan fingerprint density at radius 3 is 2.81 bits per heavy atom. The van der Waals surface area contributed by atoms with Crippen LogP contribution in [0.25, 0.3) is 6.08 Å². The summed E-state index contributed by atoms with van der Waals surface area (Å²) in [6, 6.07) is 4.33. The number of rotatable bonds is 6. The first-order valence-corrected chi connectivity index (χ1v) is 9.71. The van der Waals surface area contributed by atoms with Gasteiger partial charge in [0.05, 0.1) is 0 Å². The largest absolute Gasteiger partial charge is 0.366 e. The quantitative estimate of drug-likeness (QED) is 0.414. The molecule has 0 spiro atoms. The van der Waals surface area contributed by atoms with Crippen molar-refractivity contribution in [3.05, 3.63) is 29.5 Å². The lowest BCUT2D eigenvalue weighted by atomic mass is 9.89. The van der Waals surface area contributed by atoms with E-state index in [4.69, 9.17) is 5.21 Å². The van der Waals surface area contributed by atoms with Gasteiger partial charge >= 0.3 is 0 Å². The van der Waals surface area contributed by atoms with E-state index in [1.807, 2.05) is 12.1 Å². The predicted octanol–water partition coefficient (Wildman–Crippen LogP) is 3.06. The van der Waals surface area contributed by atoms with Crippen molar-refractivity contribution in [3.8, 4) is 0 Å². The molecule has 1 amide bonds. The van der Waals surface area contributed by atoms with E-state index in [-0.39, 0.29) is 0 Å². The molecule has 1 aliphatic heterocycles. The van der Waals surface area contributed by atoms with Crippen molar-refractivity contribution >= 4 is 17.8 Å². The molecule has 0 bridgehead atoms. The van der Waals surface area contributed by atoms with Crippen LogP contribution in [-0.4, -0.2) is 46.7 Å². The van der Waals surface area contributed by atoms with Gasteiger partial charge in [-0.2, -0.15) is 0 Å². The summed E-state index contributed by atoms with van der Waals surface area (Å²) in [4.78, 5) is 18.4. The van der Waals surface area contributed by atoms with E-state index in [0.29, 0.717) is 11.6 Å². The average Bonchev–Trinajstić information content (AvgIpc) is 3.10. The Morgan fingerprint density at radius 1 is 1.31 bits per heavy atom. The molecule has 1 saturated carbocycles. The topological polar surface area (TPSA) is 77.5 Å². The number of carbonyl (C=O) groups excluding carboxylic acids is 1. The standard InChI is InChI=1S/C20H30N4O2/c1-15(20(25)23-26)11-17-7-8-19(21-12-17)22-18-9-10-24(14-18)13-16-5-3-2-4-6-16/h7-8,11-12,16,18,26H,2-6,9-10,13-14H2,1H3,(H,21,22)(H,23,25)/t18-/m1/s1. The lowest BCUT2D eigenvalue weighted by molar-refractivity contribution is -0.125. The van der Waals surface area contributed by atoms with E-state index in [1.54, 1.807) is 24.7 Å². The Hall–Kier alpha value is -1.92. The summed E-state index contributed by atoms with van der Waals surface area (Å²) in [5, 5.41) is 12.2. The van der Waals surface area contributed by atoms with Gasteiger partial charge in [-0.25, -0.2) is 10.5 Å². The second-order valence-electron chi connectivity index (χ2n) is 7.64. The number of nitrogens with one attached hydrogen (secondary N) is 2. The zero-order valence-corrected chi connectivity index (χ0v) is 15.6. The molecule has 1 aromatic rings. The number of amides is 1. The highest BCUT2D eigenvalue weighted by molar-refractivity contribution is 5.96. The minimum absolute atomic E-state index is 0.434. The first-order chi connectivity index (χ1) is 12.6. The van der Waals surface area contributed by atoms with Crippen LogP contribution in [0.3, 0.4) is 0 Å². The number of aromatic nitrogens is 1. The van der Waals surface area contributed by atoms with Gasteiger partial charge < -0.3 is 10.2 Å². The van der Waals surface area contributed by atoms with Crippen molar-refractivity contribution in [3.63, 3.8) is 0 Å². The van der Waals surface area contributed by atoms with Gasteiger partial charge in [-0.3, -0.25) is 10.0 Å². The highest BCUT2D eigenvalue weighted by Gasteiger charge is 2.25. The molecule has 1 aromatic heterocycles. The summed E-state index contributed by atoms with van der Waals surface area (Å²) >= 11 is 0. The van der Waals surface area contributed by atoms with Gasteiger partial charge in [-0.15, -0.1) is 0 Å². The first kappa shape index (κ1) is 18.9. The number of hydroxylamine groups is 1. The van der Waals surface area contributed by atoms with E-state index in [9.17, 15) is 4.79 Å². The fourth-order valence-corrected chi connectivity index (χ4v) is 4.04. The van der Waals surface area contributed by atoms with Crippen LogP contribution >= 0.6 is 0 Å². The third-order valence-corrected chi connectivity index (χ3v) is 5.49. The summed E-state index contributed by atoms with van der Waals surface area (Å²) in [6.45, 7) is 5.17. The van der Waals surface area contributed by atoms with Gasteiger partial charge in [0.25, 0.3) is 5.91 Å². The normalized spacial score (nSPS) is 22.4. The molecule has 1 saturated heterocycles. The molecule has 0 aromatic carbocycles. The SMILES string of the molecule is CC(=Cc1ccc(N[C@@H]2CCN(CC3CCCCC3)C2)nc1)C(=O)NO. The number of pyridine rings is 1. The second-order valence-corrected chi connectivity index (χ2v) is 7.64. The monoisotopic (exact) mass is 358 g/mol. The molecular weight excluding hydrogens is 328 g/mol. The molecule has 1 aliphatic carbocycles. The van der Waals surface area contributed by atoms with E-state index >= 15 is 0 Å². The van der Waals surface area contributed by atoms with Crippen molar-refractivity contribution in [2.75, 3.05) is 25.0 Å². The fraction of sp³-hybridized carbons (Fsp3) is 0.600. The van der Waals surface area contributed by atoms with Gasteiger partial charge in [0.1, 0.15) is 5.82 Å². The van der Waals surface area contributed by atoms with Crippen LogP contribution < -0.4 is 10.8 Å². The minimum Gasteiger partial charge on any atom is -0.366 e. The third-order valence-electron chi connectivity index (χ3n) is 5.49. The van der Waals surface area contributed by atoms with Crippen LogP contribution in [0.5, 0.6) is 0 Å². The Labute approximate surface area is 155 Å². The van der Waals surface area contributed by atoms with Gasteiger partial charge in [0, 0.05) is 37.4 Å². The van der Waals surface area contributed by atoms with Crippen molar-refractivity contribution in [1.29, 1.82) is 0 Å². The first-order valence-electron chi connectivity index (χ1n) is 9.71. The zero-order chi connectivity index (χ0) is 18.4. The lowest BCUT2D eigenvalue weighted by Gasteiger charge is -2.26. The van der Waals surface area contributed by atoms with Crippen molar-refractivity contribution in [2.24, 2.45) is 5.92 Å². The van der Waals surface area contributed by atoms with Crippen LogP contribution in [0.2, 0.25) is 0 Å². The zero-order valence-electron chi connectivity index (χ0n) is 15.6. The van der Waals surface area contributed by atoms with E-state index in [1.165, 1.54) is 45.2 Å². The minimum atomic E-state index is -0.504. The van der Waals surface area contributed by atoms with Crippen molar-refractivity contribution in [2.45, 2.75) is 51.5 Å². The van der Waals surface area contributed by atoms with Crippen LogP contribution in [0, 0.1) is 5.92 Å². The summed E-state index contributed by atoms with van der Waals surface area (Å²) < 4.78 is 0. The second kappa shape index (κ2) is 9.14. The maximum atomic E-state index is 11.3. The lowest BCUT2D eigenvalue weighted by Crippen LogP contribution is -2.31. The van der Waals surface area contributed by atoms with Crippen molar-refractivity contribution < 1.29 is 10.0 Å². The summed E-state index contributed by atoms with van der Waals surface area (Å²) in [5.74, 6) is 1.26. The van der Waals surface area contributed by atoms with Gasteiger partial charge in [-0.1, -0.05) is 19.3 Å². The van der Waals surface area contributed by atoms with E-state index < -0.39 is 5.91 Å². The highest BCUT2D eigenvalue weighted by Crippen LogP contribution is 2.26. The molecule has 26 heavy (non-hydrogen) atoms. The molecule has 3 N–H and O–H groups in total. The van der Waals surface area contributed by atoms with Crippen LogP contribution in [0.1, 0.15) is 51.0 Å². The molecule has 0 unspecified atom stereocenters. The number of hydrogen-bond acceptors (Lipinski definition) is 5. The van der Waals surface area contributed by atoms with Crippen molar-refractivity contribution in [1.82, 2.24) is 15.4 Å². The Kier molecular flexibility index (Phi) is 6.63. The summed E-state index contributed by atoms with van der Waals surface area (Å²) in [5.41, 5.74) is 2.90. The molecule has 2 fully saturated rings. The molecule has 6 nitrogen and oxygen atoms in total. The molecule has 2 heterocycles. The highest BCUT2D eigenvalue weighted by atomic mass is 16.5. The molecule has 1 atom stereocenters. The molecule has 3 rings (SSSR count). The Bertz CT molecular complexity index is 623. The molecule has 142 valence electrons. The van der Waals surface area contributed by atoms with Gasteiger partial charge in [0.15, 0.2) is 0 Å². The fourth-order valence-electron chi connectivity index (χ4n) is 4.04. The maximum absolute atomic E-state index is 11.3. The van der Waals surface area contributed by atoms with E-state index in [0.717, 1.165) is 30.3 Å². The summed E-state index contributed by atoms with van der Waals surface area (Å²) in [6.07, 6.45) is 11.6. The Balaban J connectivity index is 1.48. The maximum Gasteiger partial charge on any atom is 0.270 e. The summed E-state index contributed by atoms with van der Waals surface area (Å²) in [7, 11) is 0. The molecular formula is C20H30N4O2. The smallest absolute Gasteiger partial charge is 0.270 e. The predicted molar refractivity (Wildman–Crippen MR) is 103 cm³/mol. The van der Waals surface area contributed by atoms with E-state index in [2.05, 4.69) is 15.2 Å².